The Balaban J connectivity index is 2.33. The molecule has 27 heavy (non-hydrogen) atoms. The van der Waals surface area contributed by atoms with E-state index in [2.05, 4.69) is 4.98 Å². The van der Waals surface area contributed by atoms with Crippen molar-refractivity contribution in [1.82, 2.24) is 4.98 Å². The molecule has 136 valence electrons. The highest BCUT2D eigenvalue weighted by molar-refractivity contribution is 7.75. The number of H-pyrrole nitrogens is 1. The average molecular weight is 400 g/mol. The number of rotatable bonds is 5. The maximum absolute atomic E-state index is 13.9. The van der Waals surface area contributed by atoms with Crippen LogP contribution >= 0.6 is 19.0 Å². The first kappa shape index (κ1) is 18.9. The van der Waals surface area contributed by atoms with Gasteiger partial charge in [0.1, 0.15) is 5.69 Å². The van der Waals surface area contributed by atoms with Crippen LogP contribution < -0.4 is 16.3 Å². The van der Waals surface area contributed by atoms with E-state index >= 15 is 0 Å². The van der Waals surface area contributed by atoms with Gasteiger partial charge in [-0.15, -0.1) is 0 Å². The van der Waals surface area contributed by atoms with Gasteiger partial charge in [-0.1, -0.05) is 23.7 Å². The van der Waals surface area contributed by atoms with Crippen molar-refractivity contribution < 1.29 is 13.9 Å². The number of nitriles is 1. The molecule has 3 N–H and O–H groups in total. The third kappa shape index (κ3) is 3.41. The number of carbonyl (C=O) groups is 1. The number of fused-ring (bicyclic) bond motifs is 1. The summed E-state index contributed by atoms with van der Waals surface area (Å²) in [4.78, 5) is 14.9. The zero-order valence-corrected chi connectivity index (χ0v) is 15.9. The molecule has 0 radical (unpaired) electrons. The van der Waals surface area contributed by atoms with Gasteiger partial charge in [0.25, 0.3) is 13.3 Å². The van der Waals surface area contributed by atoms with E-state index in [4.69, 9.17) is 27.1 Å². The second-order valence-corrected chi connectivity index (χ2v) is 8.56. The Bertz CT molecular complexity index is 1160. The molecule has 0 aliphatic heterocycles. The minimum Gasteiger partial charge on any atom is -0.364 e. The van der Waals surface area contributed by atoms with Crippen LogP contribution in [-0.4, -0.2) is 18.0 Å². The number of aromatic amines is 1. The molecule has 0 saturated heterocycles. The number of benzene rings is 2. The summed E-state index contributed by atoms with van der Waals surface area (Å²) >= 11 is 6.10. The van der Waals surface area contributed by atoms with Crippen molar-refractivity contribution in [3.8, 4) is 6.07 Å². The molecule has 1 heterocycles. The maximum Gasteiger partial charge on any atom is 0.266 e. The van der Waals surface area contributed by atoms with Crippen molar-refractivity contribution in [1.29, 1.82) is 5.26 Å². The quantitative estimate of drug-likeness (QED) is 0.506. The molecule has 0 saturated carbocycles. The Morgan fingerprint density at radius 1 is 1.33 bits per heavy atom. The number of hydrogen-bond acceptors (Lipinski definition) is 4. The van der Waals surface area contributed by atoms with Crippen molar-refractivity contribution in [2.45, 2.75) is 0 Å². The SMILES string of the molecule is COP(=O)(c1cccc(C=CC#N)c1)c1c(C(N)=O)[nH]c2ccc(Cl)cc12. The first-order valence-electron chi connectivity index (χ1n) is 7.85. The summed E-state index contributed by atoms with van der Waals surface area (Å²) in [5.74, 6) is -0.755. The zero-order chi connectivity index (χ0) is 19.6. The number of halogens is 1. The second-order valence-electron chi connectivity index (χ2n) is 5.69. The molecule has 2 aromatic carbocycles. The number of allylic oxidation sites excluding steroid dienone is 1. The Morgan fingerprint density at radius 3 is 2.78 bits per heavy atom. The van der Waals surface area contributed by atoms with Crippen molar-refractivity contribution in [2.24, 2.45) is 5.73 Å². The van der Waals surface area contributed by atoms with Crippen molar-refractivity contribution in [3.63, 3.8) is 0 Å². The molecule has 0 aliphatic rings. The fourth-order valence-corrected chi connectivity index (χ4v) is 5.29. The van der Waals surface area contributed by atoms with Gasteiger partial charge < -0.3 is 15.2 Å². The monoisotopic (exact) mass is 399 g/mol. The van der Waals surface area contributed by atoms with Crippen LogP contribution in [0.25, 0.3) is 17.0 Å². The van der Waals surface area contributed by atoms with E-state index in [1.54, 1.807) is 48.5 Å². The van der Waals surface area contributed by atoms with E-state index in [0.717, 1.165) is 0 Å². The minimum absolute atomic E-state index is 0.00965. The largest absolute Gasteiger partial charge is 0.364 e. The van der Waals surface area contributed by atoms with Crippen LogP contribution in [0, 0.1) is 11.3 Å². The predicted molar refractivity (Wildman–Crippen MR) is 107 cm³/mol. The van der Waals surface area contributed by atoms with E-state index in [0.29, 0.717) is 26.8 Å². The number of nitrogens with zero attached hydrogens (tertiary/aromatic N) is 1. The highest BCUT2D eigenvalue weighted by Crippen LogP contribution is 2.47. The van der Waals surface area contributed by atoms with Crippen LogP contribution in [-0.2, 0) is 9.09 Å². The summed E-state index contributed by atoms with van der Waals surface area (Å²) in [7, 11) is -2.37. The molecule has 3 aromatic rings. The Labute approximate surface area is 160 Å². The first-order valence-corrected chi connectivity index (χ1v) is 9.85. The lowest BCUT2D eigenvalue weighted by Crippen LogP contribution is -2.25. The lowest BCUT2D eigenvalue weighted by molar-refractivity contribution is 0.0997. The molecule has 0 spiro atoms. The number of amides is 1. The van der Waals surface area contributed by atoms with Gasteiger partial charge in [-0.3, -0.25) is 9.36 Å². The molecular weight excluding hydrogens is 385 g/mol. The standard InChI is InChI=1S/C19H15ClN3O3P/c1-26-27(25,14-6-2-4-12(10-14)5-3-9-21)18-15-11-13(20)7-8-16(15)23-17(18)19(22)24/h2-8,10-11,23H,1H3,(H2,22,24). The summed E-state index contributed by atoms with van der Waals surface area (Å²) < 4.78 is 19.4. The Hall–Kier alpha value is -2.84. The van der Waals surface area contributed by atoms with Crippen LogP contribution in [0.15, 0.2) is 48.5 Å². The number of aromatic nitrogens is 1. The molecule has 3 rings (SSSR count). The van der Waals surface area contributed by atoms with Crippen LogP contribution in [0.4, 0.5) is 0 Å². The van der Waals surface area contributed by atoms with E-state index in [-0.39, 0.29) is 11.0 Å². The van der Waals surface area contributed by atoms with Crippen molar-refractivity contribution in [3.05, 3.63) is 64.8 Å². The predicted octanol–water partition coefficient (Wildman–Crippen LogP) is 3.33. The smallest absolute Gasteiger partial charge is 0.266 e. The molecule has 1 unspecified atom stereocenters. The lowest BCUT2D eigenvalue weighted by atomic mass is 10.2. The lowest BCUT2D eigenvalue weighted by Gasteiger charge is -2.18. The van der Waals surface area contributed by atoms with Crippen LogP contribution in [0.3, 0.4) is 0 Å². The van der Waals surface area contributed by atoms with Crippen LogP contribution in [0.5, 0.6) is 0 Å². The molecule has 8 heteroatoms. The number of nitrogens with one attached hydrogen (secondary N) is 1. The Morgan fingerprint density at radius 2 is 2.11 bits per heavy atom. The molecule has 0 aliphatic carbocycles. The van der Waals surface area contributed by atoms with Crippen LogP contribution in [0.1, 0.15) is 16.1 Å². The topological polar surface area (TPSA) is 109 Å². The highest BCUT2D eigenvalue weighted by Gasteiger charge is 2.35. The summed E-state index contributed by atoms with van der Waals surface area (Å²) in [6.45, 7) is 0. The molecular formula is C19H15ClN3O3P. The van der Waals surface area contributed by atoms with E-state index in [1.807, 2.05) is 6.07 Å². The van der Waals surface area contributed by atoms with Gasteiger partial charge in [-0.2, -0.15) is 5.26 Å². The van der Waals surface area contributed by atoms with Gasteiger partial charge >= 0.3 is 0 Å². The van der Waals surface area contributed by atoms with E-state index < -0.39 is 13.3 Å². The minimum atomic E-state index is -3.68. The number of nitrogens with two attached hydrogens (primary N) is 1. The van der Waals surface area contributed by atoms with E-state index in [9.17, 15) is 9.36 Å². The molecule has 6 nitrogen and oxygen atoms in total. The number of primary amides is 1. The van der Waals surface area contributed by atoms with Gasteiger partial charge in [0.05, 0.1) is 11.4 Å². The Kier molecular flexibility index (Phi) is 5.20. The summed E-state index contributed by atoms with van der Waals surface area (Å²) in [5.41, 5.74) is 6.77. The summed E-state index contributed by atoms with van der Waals surface area (Å²) in [6.07, 6.45) is 2.90. The van der Waals surface area contributed by atoms with Gasteiger partial charge in [0.15, 0.2) is 0 Å². The molecule has 1 aromatic heterocycles. The van der Waals surface area contributed by atoms with Crippen LogP contribution in [0.2, 0.25) is 5.02 Å². The normalized spacial score (nSPS) is 13.5. The molecule has 0 bridgehead atoms. The number of hydrogen-bond donors (Lipinski definition) is 2. The molecule has 0 fully saturated rings. The van der Waals surface area contributed by atoms with Crippen molar-refractivity contribution >= 4 is 52.5 Å². The maximum atomic E-state index is 13.9. The third-order valence-corrected chi connectivity index (χ3v) is 6.85. The van der Waals surface area contributed by atoms with Crippen molar-refractivity contribution in [2.75, 3.05) is 7.11 Å². The van der Waals surface area contributed by atoms with Gasteiger partial charge in [-0.25, -0.2) is 0 Å². The summed E-state index contributed by atoms with van der Waals surface area (Å²) in [6, 6.07) is 13.6. The molecule has 1 atom stereocenters. The third-order valence-electron chi connectivity index (χ3n) is 4.09. The zero-order valence-electron chi connectivity index (χ0n) is 14.3. The fraction of sp³-hybridized carbons (Fsp3) is 0.0526. The highest BCUT2D eigenvalue weighted by atomic mass is 35.5. The number of carbonyl (C=O) groups excluding carboxylic acids is 1. The fourth-order valence-electron chi connectivity index (χ4n) is 2.90. The van der Waals surface area contributed by atoms with Gasteiger partial charge in [0.2, 0.25) is 0 Å². The first-order chi connectivity index (χ1) is 12.9. The average Bonchev–Trinajstić information content (AvgIpc) is 3.05. The van der Waals surface area contributed by atoms with E-state index in [1.165, 1.54) is 13.2 Å². The second kappa shape index (κ2) is 7.42. The molecule has 1 amide bonds. The van der Waals surface area contributed by atoms with Gasteiger partial charge in [0, 0.05) is 34.4 Å². The van der Waals surface area contributed by atoms with Gasteiger partial charge in [-0.05, 0) is 42.0 Å². The summed E-state index contributed by atoms with van der Waals surface area (Å²) in [5, 5.41) is 10.2.